The van der Waals surface area contributed by atoms with E-state index in [1.807, 2.05) is 47.0 Å². The highest BCUT2D eigenvalue weighted by atomic mass is 35.5. The van der Waals surface area contributed by atoms with Crippen molar-refractivity contribution in [2.24, 2.45) is 5.73 Å². The lowest BCUT2D eigenvalue weighted by molar-refractivity contribution is -0.132. The maximum Gasteiger partial charge on any atom is 0.244 e. The summed E-state index contributed by atoms with van der Waals surface area (Å²) in [5.41, 5.74) is 7.05. The van der Waals surface area contributed by atoms with Crippen molar-refractivity contribution in [3.63, 3.8) is 0 Å². The van der Waals surface area contributed by atoms with Crippen molar-refractivity contribution in [3.05, 3.63) is 35.9 Å². The molecule has 1 aromatic carbocycles. The first-order chi connectivity index (χ1) is 9.72. The van der Waals surface area contributed by atoms with Gasteiger partial charge in [0, 0.05) is 18.3 Å². The van der Waals surface area contributed by atoms with Gasteiger partial charge in [-0.2, -0.15) is 11.8 Å². The molecule has 2 unspecified atom stereocenters. The van der Waals surface area contributed by atoms with E-state index >= 15 is 0 Å². The first-order valence-corrected chi connectivity index (χ1v) is 8.48. The van der Waals surface area contributed by atoms with Gasteiger partial charge in [0.15, 0.2) is 0 Å². The van der Waals surface area contributed by atoms with Crippen LogP contribution in [0.25, 0.3) is 0 Å². The lowest BCUT2D eigenvalue weighted by atomic mass is 10.1. The molecule has 1 amide bonds. The van der Waals surface area contributed by atoms with Crippen LogP contribution in [0.2, 0.25) is 0 Å². The van der Waals surface area contributed by atoms with Crippen molar-refractivity contribution < 1.29 is 4.79 Å². The van der Waals surface area contributed by atoms with Crippen LogP contribution in [0.3, 0.4) is 0 Å². The SMILES string of the molecule is CCSC1CCCCN(C(=O)C(N)c2ccccc2)C1.Cl. The Kier molecular flexibility index (Phi) is 8.15. The van der Waals surface area contributed by atoms with Crippen molar-refractivity contribution in [1.82, 2.24) is 4.90 Å². The van der Waals surface area contributed by atoms with Crippen LogP contribution in [0.1, 0.15) is 37.8 Å². The van der Waals surface area contributed by atoms with Gasteiger partial charge in [0.1, 0.15) is 6.04 Å². The minimum Gasteiger partial charge on any atom is -0.340 e. The largest absolute Gasteiger partial charge is 0.340 e. The van der Waals surface area contributed by atoms with Crippen LogP contribution in [-0.2, 0) is 4.79 Å². The summed E-state index contributed by atoms with van der Waals surface area (Å²) in [5.74, 6) is 1.18. The van der Waals surface area contributed by atoms with Crippen LogP contribution in [-0.4, -0.2) is 34.9 Å². The molecule has 3 nitrogen and oxygen atoms in total. The van der Waals surface area contributed by atoms with E-state index in [0.717, 1.165) is 30.8 Å². The maximum atomic E-state index is 12.6. The van der Waals surface area contributed by atoms with E-state index < -0.39 is 6.04 Å². The summed E-state index contributed by atoms with van der Waals surface area (Å²) in [6, 6.07) is 9.14. The summed E-state index contributed by atoms with van der Waals surface area (Å²) in [6.45, 7) is 3.87. The second-order valence-electron chi connectivity index (χ2n) is 5.25. The molecule has 1 heterocycles. The third-order valence-electron chi connectivity index (χ3n) is 3.77. The van der Waals surface area contributed by atoms with Crippen LogP contribution in [0.15, 0.2) is 30.3 Å². The molecule has 0 aliphatic carbocycles. The molecule has 0 bridgehead atoms. The van der Waals surface area contributed by atoms with Gasteiger partial charge in [-0.05, 0) is 24.2 Å². The summed E-state index contributed by atoms with van der Waals surface area (Å²) in [7, 11) is 0. The summed E-state index contributed by atoms with van der Waals surface area (Å²) in [6.07, 6.45) is 3.51. The molecule has 5 heteroatoms. The fraction of sp³-hybridized carbons (Fsp3) is 0.562. The minimum absolute atomic E-state index is 0. The summed E-state index contributed by atoms with van der Waals surface area (Å²) in [5, 5.41) is 0.564. The van der Waals surface area contributed by atoms with E-state index in [1.54, 1.807) is 0 Å². The average molecular weight is 329 g/mol. The van der Waals surface area contributed by atoms with Gasteiger partial charge in [-0.1, -0.05) is 43.7 Å². The lowest BCUT2D eigenvalue weighted by Crippen LogP contribution is -2.41. The molecule has 0 radical (unpaired) electrons. The fourth-order valence-corrected chi connectivity index (χ4v) is 3.76. The number of carbonyl (C=O) groups is 1. The first-order valence-electron chi connectivity index (χ1n) is 7.43. The molecule has 2 atom stereocenters. The number of benzene rings is 1. The van der Waals surface area contributed by atoms with Crippen molar-refractivity contribution >= 4 is 30.1 Å². The Bertz CT molecular complexity index is 430. The number of nitrogens with two attached hydrogens (primary N) is 1. The Hall–Kier alpha value is -0.710. The molecule has 118 valence electrons. The normalized spacial score (nSPS) is 20.3. The molecule has 1 aliphatic heterocycles. The zero-order chi connectivity index (χ0) is 14.4. The van der Waals surface area contributed by atoms with Gasteiger partial charge in [0.25, 0.3) is 0 Å². The molecule has 0 aromatic heterocycles. The standard InChI is InChI=1S/C16H24N2OS.ClH/c1-2-20-14-10-6-7-11-18(12-14)16(19)15(17)13-8-4-3-5-9-13;/h3-5,8-9,14-15H,2,6-7,10-12,17H2,1H3;1H. The number of rotatable bonds is 4. The van der Waals surface area contributed by atoms with Crippen molar-refractivity contribution in [2.75, 3.05) is 18.8 Å². The number of likely N-dealkylation sites (tertiary alicyclic amines) is 1. The van der Waals surface area contributed by atoms with E-state index in [9.17, 15) is 4.79 Å². The number of amides is 1. The van der Waals surface area contributed by atoms with Crippen LogP contribution in [0.4, 0.5) is 0 Å². The molecule has 1 aliphatic rings. The Labute approximate surface area is 138 Å². The molecular formula is C16H25ClN2OS. The number of hydrogen-bond donors (Lipinski definition) is 1. The van der Waals surface area contributed by atoms with E-state index in [1.165, 1.54) is 12.8 Å². The summed E-state index contributed by atoms with van der Waals surface area (Å²) >= 11 is 1.96. The van der Waals surface area contributed by atoms with Crippen LogP contribution in [0, 0.1) is 0 Å². The number of nitrogens with zero attached hydrogens (tertiary/aromatic N) is 1. The van der Waals surface area contributed by atoms with Crippen molar-refractivity contribution in [1.29, 1.82) is 0 Å². The molecule has 2 rings (SSSR count). The highest BCUT2D eigenvalue weighted by Gasteiger charge is 2.26. The topological polar surface area (TPSA) is 46.3 Å². The van der Waals surface area contributed by atoms with Gasteiger partial charge >= 0.3 is 0 Å². The van der Waals surface area contributed by atoms with Gasteiger partial charge in [0.05, 0.1) is 0 Å². The highest BCUT2D eigenvalue weighted by molar-refractivity contribution is 7.99. The second-order valence-corrected chi connectivity index (χ2v) is 6.82. The average Bonchev–Trinajstić information content (AvgIpc) is 2.73. The Balaban J connectivity index is 0.00000220. The molecule has 2 N–H and O–H groups in total. The zero-order valence-electron chi connectivity index (χ0n) is 12.5. The third kappa shape index (κ3) is 5.20. The summed E-state index contributed by atoms with van der Waals surface area (Å²) in [4.78, 5) is 14.6. The third-order valence-corrected chi connectivity index (χ3v) is 4.96. The maximum absolute atomic E-state index is 12.6. The summed E-state index contributed by atoms with van der Waals surface area (Å²) < 4.78 is 0. The second kappa shape index (κ2) is 9.34. The van der Waals surface area contributed by atoms with E-state index in [4.69, 9.17) is 5.73 Å². The molecule has 1 saturated heterocycles. The zero-order valence-corrected chi connectivity index (χ0v) is 14.2. The highest BCUT2D eigenvalue weighted by Crippen LogP contribution is 2.24. The number of halogens is 1. The monoisotopic (exact) mass is 328 g/mol. The van der Waals surface area contributed by atoms with Crippen molar-refractivity contribution in [3.8, 4) is 0 Å². The Morgan fingerprint density at radius 2 is 2.10 bits per heavy atom. The van der Waals surface area contributed by atoms with Crippen molar-refractivity contribution in [2.45, 2.75) is 37.5 Å². The molecule has 21 heavy (non-hydrogen) atoms. The Morgan fingerprint density at radius 3 is 2.76 bits per heavy atom. The molecular weight excluding hydrogens is 304 g/mol. The van der Waals surface area contributed by atoms with Gasteiger partial charge in [-0.15, -0.1) is 12.4 Å². The van der Waals surface area contributed by atoms with E-state index in [0.29, 0.717) is 5.25 Å². The predicted molar refractivity (Wildman–Crippen MR) is 93.0 cm³/mol. The van der Waals surface area contributed by atoms with Crippen LogP contribution in [0.5, 0.6) is 0 Å². The van der Waals surface area contributed by atoms with Gasteiger partial charge in [-0.25, -0.2) is 0 Å². The van der Waals surface area contributed by atoms with Gasteiger partial charge < -0.3 is 10.6 Å². The lowest BCUT2D eigenvalue weighted by Gasteiger charge is -2.27. The number of thioether (sulfide) groups is 1. The number of carbonyl (C=O) groups excluding carboxylic acids is 1. The molecule has 0 spiro atoms. The van der Waals surface area contributed by atoms with Gasteiger partial charge in [-0.3, -0.25) is 4.79 Å². The van der Waals surface area contributed by atoms with Crippen LogP contribution >= 0.6 is 24.2 Å². The Morgan fingerprint density at radius 1 is 1.38 bits per heavy atom. The molecule has 1 fully saturated rings. The first kappa shape index (κ1) is 18.3. The van der Waals surface area contributed by atoms with Gasteiger partial charge in [0.2, 0.25) is 5.91 Å². The van der Waals surface area contributed by atoms with E-state index in [-0.39, 0.29) is 18.3 Å². The van der Waals surface area contributed by atoms with E-state index in [2.05, 4.69) is 6.92 Å². The fourth-order valence-electron chi connectivity index (χ4n) is 2.67. The smallest absolute Gasteiger partial charge is 0.244 e. The predicted octanol–water partition coefficient (Wildman–Crippen LogP) is 3.24. The number of hydrogen-bond acceptors (Lipinski definition) is 3. The minimum atomic E-state index is -0.526. The molecule has 1 aromatic rings. The van der Waals surface area contributed by atoms with Crippen LogP contribution < -0.4 is 5.73 Å². The molecule has 0 saturated carbocycles. The quantitative estimate of drug-likeness (QED) is 0.923.